The maximum absolute atomic E-state index is 12.3. The lowest BCUT2D eigenvalue weighted by Crippen LogP contribution is -2.14. The Bertz CT molecular complexity index is 887. The first-order valence-corrected chi connectivity index (χ1v) is 7.52. The third kappa shape index (κ3) is 3.61. The van der Waals surface area contributed by atoms with Crippen LogP contribution in [0.25, 0.3) is 0 Å². The number of hydrogen-bond donors (Lipinski definition) is 2. The minimum atomic E-state index is -1.23. The summed E-state index contributed by atoms with van der Waals surface area (Å²) >= 11 is 1.03. The van der Waals surface area contributed by atoms with E-state index in [1.807, 2.05) is 0 Å². The summed E-state index contributed by atoms with van der Waals surface area (Å²) in [6.45, 7) is 3.27. The molecule has 0 aliphatic carbocycles. The standard InChI is InChI=1S/C14H11N3O7S/c1-6-7(2)25-13(11(6)14(19)20)15-12(18)8-3-9(16(21)22)5-10(4-8)17(23)24/h3-5H,1-2H3,(H,15,18)(H,19,20). The van der Waals surface area contributed by atoms with Crippen molar-refractivity contribution in [3.8, 4) is 0 Å². The molecule has 0 unspecified atom stereocenters. The summed E-state index contributed by atoms with van der Waals surface area (Å²) in [7, 11) is 0. The first-order valence-electron chi connectivity index (χ1n) is 6.70. The highest BCUT2D eigenvalue weighted by Crippen LogP contribution is 2.33. The summed E-state index contributed by atoms with van der Waals surface area (Å²) in [5, 5.41) is 33.4. The molecule has 1 amide bonds. The van der Waals surface area contributed by atoms with E-state index in [1.165, 1.54) is 0 Å². The molecule has 0 radical (unpaired) electrons. The van der Waals surface area contributed by atoms with Crippen LogP contribution in [0.4, 0.5) is 16.4 Å². The SMILES string of the molecule is Cc1sc(NC(=O)c2cc([N+](=O)[O-])cc([N+](=O)[O-])c2)c(C(=O)O)c1C. The van der Waals surface area contributed by atoms with Gasteiger partial charge in [-0.1, -0.05) is 0 Å². The summed E-state index contributed by atoms with van der Waals surface area (Å²) < 4.78 is 0. The number of nitro benzene ring substituents is 2. The first kappa shape index (κ1) is 18.0. The predicted molar refractivity (Wildman–Crippen MR) is 88.5 cm³/mol. The lowest BCUT2D eigenvalue weighted by molar-refractivity contribution is -0.394. The molecule has 2 N–H and O–H groups in total. The van der Waals surface area contributed by atoms with Gasteiger partial charge in [0, 0.05) is 17.0 Å². The van der Waals surface area contributed by atoms with Crippen molar-refractivity contribution in [1.29, 1.82) is 0 Å². The number of benzene rings is 1. The number of nitro groups is 2. The Morgan fingerprint density at radius 2 is 1.60 bits per heavy atom. The van der Waals surface area contributed by atoms with Crippen molar-refractivity contribution in [2.45, 2.75) is 13.8 Å². The van der Waals surface area contributed by atoms with E-state index in [2.05, 4.69) is 5.32 Å². The number of carboxylic acids is 1. The first-order chi connectivity index (χ1) is 11.6. The van der Waals surface area contributed by atoms with Gasteiger partial charge < -0.3 is 10.4 Å². The topological polar surface area (TPSA) is 153 Å². The van der Waals surface area contributed by atoms with E-state index < -0.39 is 33.1 Å². The van der Waals surface area contributed by atoms with E-state index in [9.17, 15) is 34.9 Å². The highest BCUT2D eigenvalue weighted by Gasteiger charge is 2.23. The number of aromatic carboxylic acids is 1. The van der Waals surface area contributed by atoms with Gasteiger partial charge in [-0.2, -0.15) is 0 Å². The molecule has 0 fully saturated rings. The molecule has 1 aromatic carbocycles. The number of anilines is 1. The fourth-order valence-electron chi connectivity index (χ4n) is 2.08. The van der Waals surface area contributed by atoms with Crippen molar-refractivity contribution in [2.75, 3.05) is 5.32 Å². The van der Waals surface area contributed by atoms with Crippen molar-refractivity contribution in [3.05, 3.63) is 60.0 Å². The Labute approximate surface area is 144 Å². The average Bonchev–Trinajstić information content (AvgIpc) is 2.80. The molecule has 0 aliphatic heterocycles. The molecular formula is C14H11N3O7S. The molecule has 2 aromatic rings. The summed E-state index contributed by atoms with van der Waals surface area (Å²) in [6, 6.07) is 2.51. The molecule has 2 rings (SSSR count). The van der Waals surface area contributed by atoms with Crippen molar-refractivity contribution in [2.24, 2.45) is 0 Å². The van der Waals surface area contributed by atoms with Gasteiger partial charge in [-0.05, 0) is 19.4 Å². The highest BCUT2D eigenvalue weighted by molar-refractivity contribution is 7.16. The van der Waals surface area contributed by atoms with E-state index in [1.54, 1.807) is 13.8 Å². The quantitative estimate of drug-likeness (QED) is 0.609. The number of aryl methyl sites for hydroxylation is 1. The molecule has 0 spiro atoms. The van der Waals surface area contributed by atoms with Crippen molar-refractivity contribution >= 4 is 39.6 Å². The Hall–Kier alpha value is -3.34. The molecule has 0 atom stereocenters. The number of carbonyl (C=O) groups is 2. The number of non-ortho nitro benzene ring substituents is 2. The number of nitrogens with one attached hydrogen (secondary N) is 1. The number of carbonyl (C=O) groups excluding carboxylic acids is 1. The van der Waals surface area contributed by atoms with Crippen molar-refractivity contribution in [1.82, 2.24) is 0 Å². The van der Waals surface area contributed by atoms with Gasteiger partial charge in [-0.25, -0.2) is 4.79 Å². The second kappa shape index (κ2) is 6.65. The van der Waals surface area contributed by atoms with E-state index in [4.69, 9.17) is 0 Å². The van der Waals surface area contributed by atoms with Gasteiger partial charge >= 0.3 is 5.97 Å². The molecule has 0 saturated carbocycles. The highest BCUT2D eigenvalue weighted by atomic mass is 32.1. The fraction of sp³-hybridized carbons (Fsp3) is 0.143. The number of carboxylic acid groups (broad SMARTS) is 1. The van der Waals surface area contributed by atoms with Crippen LogP contribution in [0, 0.1) is 34.1 Å². The molecule has 11 heteroatoms. The minimum absolute atomic E-state index is 0.0571. The molecule has 130 valence electrons. The molecule has 1 heterocycles. The number of thiophene rings is 1. The molecule has 0 bridgehead atoms. The zero-order chi connectivity index (χ0) is 18.9. The molecule has 0 saturated heterocycles. The van der Waals surface area contributed by atoms with Crippen LogP contribution in [0.5, 0.6) is 0 Å². The minimum Gasteiger partial charge on any atom is -0.478 e. The van der Waals surface area contributed by atoms with Gasteiger partial charge in [-0.3, -0.25) is 25.0 Å². The lowest BCUT2D eigenvalue weighted by Gasteiger charge is -2.05. The fourth-order valence-corrected chi connectivity index (χ4v) is 3.13. The summed E-state index contributed by atoms with van der Waals surface area (Å²) in [6.07, 6.45) is 0. The predicted octanol–water partition coefficient (Wildman–Crippen LogP) is 3.13. The van der Waals surface area contributed by atoms with Crippen LogP contribution in [0.1, 0.15) is 31.2 Å². The van der Waals surface area contributed by atoms with Crippen LogP contribution in [0.15, 0.2) is 18.2 Å². The second-order valence-corrected chi connectivity index (χ2v) is 6.22. The van der Waals surface area contributed by atoms with Crippen molar-refractivity contribution < 1.29 is 24.5 Å². The van der Waals surface area contributed by atoms with Gasteiger partial charge in [0.1, 0.15) is 5.00 Å². The van der Waals surface area contributed by atoms with E-state index in [0.717, 1.165) is 29.5 Å². The zero-order valence-electron chi connectivity index (χ0n) is 12.9. The molecular weight excluding hydrogens is 354 g/mol. The van der Waals surface area contributed by atoms with E-state index in [-0.39, 0.29) is 16.1 Å². The normalized spacial score (nSPS) is 10.3. The number of amides is 1. The summed E-state index contributed by atoms with van der Waals surface area (Å²) in [5.74, 6) is -2.11. The summed E-state index contributed by atoms with van der Waals surface area (Å²) in [5.41, 5.74) is -1.15. The molecule has 25 heavy (non-hydrogen) atoms. The molecule has 10 nitrogen and oxygen atoms in total. The molecule has 0 aliphatic rings. The Kier molecular flexibility index (Phi) is 4.79. The van der Waals surface area contributed by atoms with Gasteiger partial charge in [0.15, 0.2) is 0 Å². The van der Waals surface area contributed by atoms with Crippen LogP contribution >= 0.6 is 11.3 Å². The Morgan fingerprint density at radius 1 is 1.08 bits per heavy atom. The molecule has 1 aromatic heterocycles. The van der Waals surface area contributed by atoms with Gasteiger partial charge in [0.2, 0.25) is 0 Å². The Balaban J connectivity index is 2.46. The maximum atomic E-state index is 12.3. The third-order valence-corrected chi connectivity index (χ3v) is 4.54. The smallest absolute Gasteiger partial charge is 0.338 e. The number of nitrogens with zero attached hydrogens (tertiary/aromatic N) is 2. The van der Waals surface area contributed by atoms with Crippen LogP contribution in [-0.4, -0.2) is 26.8 Å². The zero-order valence-corrected chi connectivity index (χ0v) is 13.7. The second-order valence-electron chi connectivity index (χ2n) is 5.00. The average molecular weight is 365 g/mol. The number of hydrogen-bond acceptors (Lipinski definition) is 7. The van der Waals surface area contributed by atoms with Gasteiger partial charge in [0.25, 0.3) is 17.3 Å². The van der Waals surface area contributed by atoms with E-state index in [0.29, 0.717) is 10.4 Å². The number of rotatable bonds is 5. The van der Waals surface area contributed by atoms with Crippen LogP contribution in [0.3, 0.4) is 0 Å². The van der Waals surface area contributed by atoms with Crippen molar-refractivity contribution in [3.63, 3.8) is 0 Å². The summed E-state index contributed by atoms with van der Waals surface area (Å²) in [4.78, 5) is 44.4. The van der Waals surface area contributed by atoms with Gasteiger partial charge in [-0.15, -0.1) is 11.3 Å². The Morgan fingerprint density at radius 3 is 2.04 bits per heavy atom. The monoisotopic (exact) mass is 365 g/mol. The lowest BCUT2D eigenvalue weighted by atomic mass is 10.1. The van der Waals surface area contributed by atoms with Crippen LogP contribution in [0.2, 0.25) is 0 Å². The van der Waals surface area contributed by atoms with E-state index >= 15 is 0 Å². The van der Waals surface area contributed by atoms with Gasteiger partial charge in [0.05, 0.1) is 27.0 Å². The largest absolute Gasteiger partial charge is 0.478 e. The third-order valence-electron chi connectivity index (χ3n) is 3.41. The maximum Gasteiger partial charge on any atom is 0.338 e. The van der Waals surface area contributed by atoms with Crippen LogP contribution in [-0.2, 0) is 0 Å². The van der Waals surface area contributed by atoms with Crippen LogP contribution < -0.4 is 5.32 Å².